The molecule has 19 heavy (non-hydrogen) atoms. The molecule has 1 aliphatic heterocycles. The van der Waals surface area contributed by atoms with Crippen LogP contribution in [-0.4, -0.2) is 37.4 Å². The lowest BCUT2D eigenvalue weighted by Crippen LogP contribution is -2.27. The van der Waals surface area contributed by atoms with Gasteiger partial charge in [-0.2, -0.15) is 5.26 Å². The van der Waals surface area contributed by atoms with Gasteiger partial charge in [-0.05, 0) is 23.6 Å². The van der Waals surface area contributed by atoms with Crippen LogP contribution in [0.5, 0.6) is 0 Å². The second-order valence-electron chi connectivity index (χ2n) is 4.68. The van der Waals surface area contributed by atoms with E-state index in [0.29, 0.717) is 19.4 Å². The van der Waals surface area contributed by atoms with Gasteiger partial charge in [-0.3, -0.25) is 9.59 Å². The van der Waals surface area contributed by atoms with Crippen LogP contribution in [0.2, 0.25) is 0 Å². The summed E-state index contributed by atoms with van der Waals surface area (Å²) in [5.74, 6) is -0.431. The molecule has 0 radical (unpaired) electrons. The minimum atomic E-state index is -0.531. The fourth-order valence-electron chi connectivity index (χ4n) is 2.16. The van der Waals surface area contributed by atoms with E-state index in [0.717, 1.165) is 16.8 Å². The Balaban J connectivity index is 2.05. The average Bonchev–Trinajstić information content (AvgIpc) is 2.70. The zero-order chi connectivity index (χ0) is 14.0. The van der Waals surface area contributed by atoms with Crippen molar-refractivity contribution < 1.29 is 9.59 Å². The summed E-state index contributed by atoms with van der Waals surface area (Å²) in [5.41, 5.74) is 3.05. The van der Waals surface area contributed by atoms with Gasteiger partial charge in [0.1, 0.15) is 0 Å². The Hall–Kier alpha value is -2.35. The highest BCUT2D eigenvalue weighted by Crippen LogP contribution is 2.28. The maximum Gasteiger partial charge on any atom is 0.324 e. The SMILES string of the molecule is CN(CCc1ccc2c(c1)CC(=O)N2C)C(=O)C#N. The number of hydrogen-bond donors (Lipinski definition) is 0. The van der Waals surface area contributed by atoms with Gasteiger partial charge in [-0.15, -0.1) is 0 Å². The fraction of sp³-hybridized carbons (Fsp3) is 0.357. The van der Waals surface area contributed by atoms with Crippen LogP contribution < -0.4 is 4.90 Å². The Morgan fingerprint density at radius 2 is 2.26 bits per heavy atom. The monoisotopic (exact) mass is 257 g/mol. The Morgan fingerprint density at radius 1 is 1.53 bits per heavy atom. The molecule has 5 nitrogen and oxygen atoms in total. The summed E-state index contributed by atoms with van der Waals surface area (Å²) in [5, 5.41) is 8.50. The van der Waals surface area contributed by atoms with Crippen molar-refractivity contribution in [3.05, 3.63) is 29.3 Å². The van der Waals surface area contributed by atoms with E-state index in [1.807, 2.05) is 18.2 Å². The maximum absolute atomic E-state index is 11.6. The number of carbonyl (C=O) groups excluding carboxylic acids is 2. The van der Waals surface area contributed by atoms with Gasteiger partial charge in [0.2, 0.25) is 5.91 Å². The van der Waals surface area contributed by atoms with Gasteiger partial charge < -0.3 is 9.80 Å². The third kappa shape index (κ3) is 2.58. The molecule has 0 saturated heterocycles. The average molecular weight is 257 g/mol. The maximum atomic E-state index is 11.6. The third-order valence-electron chi connectivity index (χ3n) is 3.40. The van der Waals surface area contributed by atoms with E-state index in [2.05, 4.69) is 0 Å². The Labute approximate surface area is 112 Å². The minimum absolute atomic E-state index is 0.101. The highest BCUT2D eigenvalue weighted by molar-refractivity contribution is 6.00. The molecule has 1 aliphatic rings. The molecule has 98 valence electrons. The summed E-state index contributed by atoms with van der Waals surface area (Å²) >= 11 is 0. The summed E-state index contributed by atoms with van der Waals surface area (Å²) in [6, 6.07) is 7.48. The van der Waals surface area contributed by atoms with Crippen LogP contribution in [-0.2, 0) is 22.4 Å². The summed E-state index contributed by atoms with van der Waals surface area (Å²) in [6.07, 6.45) is 1.11. The highest BCUT2D eigenvalue weighted by atomic mass is 16.2. The second kappa shape index (κ2) is 5.11. The van der Waals surface area contributed by atoms with E-state index in [-0.39, 0.29) is 5.91 Å². The van der Waals surface area contributed by atoms with Crippen molar-refractivity contribution in [1.82, 2.24) is 4.90 Å². The molecule has 0 spiro atoms. The zero-order valence-corrected chi connectivity index (χ0v) is 11.0. The van der Waals surface area contributed by atoms with E-state index in [4.69, 9.17) is 5.26 Å². The van der Waals surface area contributed by atoms with Crippen molar-refractivity contribution >= 4 is 17.5 Å². The number of rotatable bonds is 3. The van der Waals surface area contributed by atoms with Crippen molar-refractivity contribution in [3.8, 4) is 6.07 Å². The van der Waals surface area contributed by atoms with Crippen molar-refractivity contribution in [2.75, 3.05) is 25.5 Å². The van der Waals surface area contributed by atoms with Crippen LogP contribution in [0, 0.1) is 11.3 Å². The second-order valence-corrected chi connectivity index (χ2v) is 4.68. The molecule has 2 amide bonds. The molecule has 1 aromatic carbocycles. The van der Waals surface area contributed by atoms with Crippen LogP contribution in [0.25, 0.3) is 0 Å². The van der Waals surface area contributed by atoms with Crippen LogP contribution in [0.1, 0.15) is 11.1 Å². The molecule has 0 N–H and O–H groups in total. The van der Waals surface area contributed by atoms with Gasteiger partial charge in [0.25, 0.3) is 0 Å². The molecule has 2 rings (SSSR count). The first-order valence-corrected chi connectivity index (χ1v) is 6.06. The van der Waals surface area contributed by atoms with E-state index in [9.17, 15) is 9.59 Å². The van der Waals surface area contributed by atoms with Gasteiger partial charge in [-0.1, -0.05) is 12.1 Å². The van der Waals surface area contributed by atoms with E-state index < -0.39 is 5.91 Å². The lowest BCUT2D eigenvalue weighted by molar-refractivity contribution is -0.124. The minimum Gasteiger partial charge on any atom is -0.333 e. The lowest BCUT2D eigenvalue weighted by Gasteiger charge is -2.14. The van der Waals surface area contributed by atoms with Crippen molar-refractivity contribution in [1.29, 1.82) is 5.26 Å². The van der Waals surface area contributed by atoms with Gasteiger partial charge in [0.05, 0.1) is 6.42 Å². The van der Waals surface area contributed by atoms with Gasteiger partial charge >= 0.3 is 5.91 Å². The summed E-state index contributed by atoms with van der Waals surface area (Å²) in [7, 11) is 3.38. The number of benzene rings is 1. The van der Waals surface area contributed by atoms with E-state index in [1.54, 1.807) is 25.1 Å². The molecule has 1 heterocycles. The van der Waals surface area contributed by atoms with Gasteiger partial charge in [-0.25, -0.2) is 0 Å². The topological polar surface area (TPSA) is 64.4 Å². The largest absolute Gasteiger partial charge is 0.333 e. The molecule has 0 aromatic heterocycles. The molecule has 0 atom stereocenters. The first-order chi connectivity index (χ1) is 9.02. The van der Waals surface area contributed by atoms with Crippen molar-refractivity contribution in [3.63, 3.8) is 0 Å². The number of nitriles is 1. The number of anilines is 1. The van der Waals surface area contributed by atoms with Crippen molar-refractivity contribution in [2.24, 2.45) is 0 Å². The molecule has 0 saturated carbocycles. The summed E-state index contributed by atoms with van der Waals surface area (Å²) in [4.78, 5) is 25.7. The number of amides is 2. The number of nitrogens with zero attached hydrogens (tertiary/aromatic N) is 3. The van der Waals surface area contributed by atoms with Crippen LogP contribution in [0.3, 0.4) is 0 Å². The zero-order valence-electron chi connectivity index (χ0n) is 11.0. The van der Waals surface area contributed by atoms with Crippen LogP contribution in [0.15, 0.2) is 18.2 Å². The Kier molecular flexibility index (Phi) is 3.52. The number of hydrogen-bond acceptors (Lipinski definition) is 3. The first kappa shape index (κ1) is 13.1. The summed E-state index contributed by atoms with van der Waals surface area (Å²) < 4.78 is 0. The van der Waals surface area contributed by atoms with E-state index in [1.165, 1.54) is 4.90 Å². The van der Waals surface area contributed by atoms with Crippen LogP contribution >= 0.6 is 0 Å². The fourth-order valence-corrected chi connectivity index (χ4v) is 2.16. The molecular weight excluding hydrogens is 242 g/mol. The first-order valence-electron chi connectivity index (χ1n) is 6.06. The van der Waals surface area contributed by atoms with E-state index >= 15 is 0 Å². The Bertz CT molecular complexity index is 575. The summed E-state index contributed by atoms with van der Waals surface area (Å²) in [6.45, 7) is 0.495. The number of carbonyl (C=O) groups is 2. The molecule has 1 aromatic rings. The quantitative estimate of drug-likeness (QED) is 0.750. The highest BCUT2D eigenvalue weighted by Gasteiger charge is 2.23. The third-order valence-corrected chi connectivity index (χ3v) is 3.40. The Morgan fingerprint density at radius 3 is 2.95 bits per heavy atom. The standard InChI is InChI=1S/C14H15N3O2/c1-16(14(19)9-15)6-5-10-3-4-12-11(7-10)8-13(18)17(12)2/h3-4,7H,5-6,8H2,1-2H3. The molecule has 0 bridgehead atoms. The number of likely N-dealkylation sites (N-methyl/N-ethyl adjacent to an activating group) is 2. The predicted octanol–water partition coefficient (Wildman–Crippen LogP) is 0.730. The molecule has 0 unspecified atom stereocenters. The van der Waals surface area contributed by atoms with Crippen molar-refractivity contribution in [2.45, 2.75) is 12.8 Å². The number of fused-ring (bicyclic) bond motifs is 1. The van der Waals surface area contributed by atoms with Crippen LogP contribution in [0.4, 0.5) is 5.69 Å². The normalized spacial score (nSPS) is 13.1. The van der Waals surface area contributed by atoms with Gasteiger partial charge in [0.15, 0.2) is 6.07 Å². The molecule has 5 heteroatoms. The molecular formula is C14H15N3O2. The predicted molar refractivity (Wildman–Crippen MR) is 70.5 cm³/mol. The smallest absolute Gasteiger partial charge is 0.324 e. The van der Waals surface area contributed by atoms with Gasteiger partial charge in [0, 0.05) is 26.3 Å². The lowest BCUT2D eigenvalue weighted by atomic mass is 10.1. The molecule has 0 fully saturated rings. The molecule has 0 aliphatic carbocycles.